The molecule has 0 amide bonds. The maximum Gasteiger partial charge on any atom is 0.119 e. The second-order valence-electron chi connectivity index (χ2n) is 5.26. The van der Waals surface area contributed by atoms with E-state index in [9.17, 15) is 0 Å². The lowest BCUT2D eigenvalue weighted by Crippen LogP contribution is -2.47. The molecule has 2 unspecified atom stereocenters. The topological polar surface area (TPSA) is 24.5 Å². The van der Waals surface area contributed by atoms with E-state index in [1.54, 1.807) is 7.11 Å². The van der Waals surface area contributed by atoms with Gasteiger partial charge in [-0.15, -0.1) is 0 Å². The Morgan fingerprint density at radius 2 is 2.06 bits per heavy atom. The number of likely N-dealkylation sites (N-methyl/N-ethyl adjacent to an activating group) is 1. The minimum Gasteiger partial charge on any atom is -0.497 e. The highest BCUT2D eigenvalue weighted by Gasteiger charge is 2.21. The van der Waals surface area contributed by atoms with Crippen molar-refractivity contribution in [2.24, 2.45) is 5.92 Å². The van der Waals surface area contributed by atoms with Crippen molar-refractivity contribution >= 4 is 5.69 Å². The summed E-state index contributed by atoms with van der Waals surface area (Å²) >= 11 is 0. The Morgan fingerprint density at radius 1 is 1.33 bits per heavy atom. The molecular weight excluding hydrogens is 224 g/mol. The zero-order valence-electron chi connectivity index (χ0n) is 11.6. The number of hydrogen-bond donors (Lipinski definition) is 1. The maximum absolute atomic E-state index is 5.19. The third-order valence-corrected chi connectivity index (χ3v) is 3.91. The van der Waals surface area contributed by atoms with Gasteiger partial charge in [-0.2, -0.15) is 0 Å². The quantitative estimate of drug-likeness (QED) is 0.886. The second-order valence-corrected chi connectivity index (χ2v) is 5.26. The van der Waals surface area contributed by atoms with Gasteiger partial charge in [0.25, 0.3) is 0 Å². The lowest BCUT2D eigenvalue weighted by Gasteiger charge is -2.34. The van der Waals surface area contributed by atoms with Gasteiger partial charge in [0.05, 0.1) is 7.11 Å². The van der Waals surface area contributed by atoms with Crippen LogP contribution in [0.25, 0.3) is 0 Å². The summed E-state index contributed by atoms with van der Waals surface area (Å²) in [5.41, 5.74) is 1.25. The summed E-state index contributed by atoms with van der Waals surface area (Å²) < 4.78 is 5.19. The first-order valence-corrected chi connectivity index (χ1v) is 6.79. The zero-order valence-corrected chi connectivity index (χ0v) is 11.6. The van der Waals surface area contributed by atoms with Crippen molar-refractivity contribution in [2.45, 2.75) is 25.8 Å². The van der Waals surface area contributed by atoms with Gasteiger partial charge in [0.15, 0.2) is 0 Å². The molecule has 1 aromatic carbocycles. The highest BCUT2D eigenvalue weighted by molar-refractivity contribution is 5.48. The largest absolute Gasteiger partial charge is 0.497 e. The number of ether oxygens (including phenoxy) is 1. The molecule has 3 nitrogen and oxygen atoms in total. The van der Waals surface area contributed by atoms with Crippen LogP contribution in [-0.2, 0) is 0 Å². The number of nitrogens with one attached hydrogen (secondary N) is 1. The number of benzene rings is 1. The average molecular weight is 248 g/mol. The summed E-state index contributed by atoms with van der Waals surface area (Å²) in [5, 5.41) is 3.63. The lowest BCUT2D eigenvalue weighted by atomic mass is 9.92. The van der Waals surface area contributed by atoms with E-state index in [1.165, 1.54) is 18.5 Å². The van der Waals surface area contributed by atoms with Crippen molar-refractivity contribution in [3.63, 3.8) is 0 Å². The van der Waals surface area contributed by atoms with Gasteiger partial charge in [-0.3, -0.25) is 0 Å². The molecular formula is C15H24N2O. The molecule has 18 heavy (non-hydrogen) atoms. The molecule has 3 heteroatoms. The molecule has 1 aliphatic rings. The molecule has 1 N–H and O–H groups in total. The Morgan fingerprint density at radius 3 is 2.67 bits per heavy atom. The Bertz CT molecular complexity index is 363. The smallest absolute Gasteiger partial charge is 0.119 e. The predicted molar refractivity (Wildman–Crippen MR) is 76.5 cm³/mol. The Balaban J connectivity index is 1.95. The number of rotatable bonds is 4. The molecule has 2 atom stereocenters. The van der Waals surface area contributed by atoms with Gasteiger partial charge in [-0.25, -0.2) is 0 Å². The van der Waals surface area contributed by atoms with E-state index in [2.05, 4.69) is 36.3 Å². The minimum absolute atomic E-state index is 0.603. The first-order chi connectivity index (χ1) is 8.70. The summed E-state index contributed by atoms with van der Waals surface area (Å²) in [7, 11) is 3.86. The Kier molecular flexibility index (Phi) is 4.48. The number of nitrogens with zero attached hydrogens (tertiary/aromatic N) is 1. The summed E-state index contributed by atoms with van der Waals surface area (Å²) in [6, 6.07) is 8.87. The van der Waals surface area contributed by atoms with Gasteiger partial charge in [0.1, 0.15) is 5.75 Å². The van der Waals surface area contributed by atoms with Crippen LogP contribution in [-0.4, -0.2) is 33.3 Å². The standard InChI is InChI=1S/C15H24N2O/c1-12-5-4-10-16-15(12)11-17(2)13-6-8-14(18-3)9-7-13/h6-9,12,15-16H,4-5,10-11H2,1-3H3. The molecule has 0 aromatic heterocycles. The first-order valence-electron chi connectivity index (χ1n) is 6.79. The molecule has 1 fully saturated rings. The molecule has 0 bridgehead atoms. The van der Waals surface area contributed by atoms with Crippen molar-refractivity contribution in [3.8, 4) is 5.75 Å². The maximum atomic E-state index is 5.19. The first kappa shape index (κ1) is 13.2. The third-order valence-electron chi connectivity index (χ3n) is 3.91. The van der Waals surface area contributed by atoms with E-state index < -0.39 is 0 Å². The normalized spacial score (nSPS) is 23.7. The van der Waals surface area contributed by atoms with Crippen LogP contribution in [0.3, 0.4) is 0 Å². The lowest BCUT2D eigenvalue weighted by molar-refractivity contribution is 0.303. The predicted octanol–water partition coefficient (Wildman–Crippen LogP) is 2.52. The molecule has 0 radical (unpaired) electrons. The molecule has 1 aromatic rings. The van der Waals surface area contributed by atoms with E-state index >= 15 is 0 Å². The monoisotopic (exact) mass is 248 g/mol. The summed E-state index contributed by atoms with van der Waals surface area (Å²) in [4.78, 5) is 2.32. The van der Waals surface area contributed by atoms with Gasteiger partial charge in [-0.1, -0.05) is 6.92 Å². The fourth-order valence-corrected chi connectivity index (χ4v) is 2.60. The van der Waals surface area contributed by atoms with Crippen LogP contribution >= 0.6 is 0 Å². The average Bonchev–Trinajstić information content (AvgIpc) is 2.41. The van der Waals surface area contributed by atoms with Crippen LogP contribution in [0.2, 0.25) is 0 Å². The summed E-state index contributed by atoms with van der Waals surface area (Å²) in [5.74, 6) is 1.68. The minimum atomic E-state index is 0.603. The van der Waals surface area contributed by atoms with E-state index in [0.29, 0.717) is 6.04 Å². The van der Waals surface area contributed by atoms with E-state index in [4.69, 9.17) is 4.74 Å². The van der Waals surface area contributed by atoms with Gasteiger partial charge in [-0.05, 0) is 49.6 Å². The van der Waals surface area contributed by atoms with Gasteiger partial charge >= 0.3 is 0 Å². The molecule has 1 saturated heterocycles. The van der Waals surface area contributed by atoms with Crippen LogP contribution < -0.4 is 15.0 Å². The number of methoxy groups -OCH3 is 1. The van der Waals surface area contributed by atoms with Gasteiger partial charge in [0, 0.05) is 25.3 Å². The molecule has 1 heterocycles. The van der Waals surface area contributed by atoms with Crippen molar-refractivity contribution in [1.29, 1.82) is 0 Å². The third kappa shape index (κ3) is 3.16. The van der Waals surface area contributed by atoms with Crippen molar-refractivity contribution in [1.82, 2.24) is 5.32 Å². The number of hydrogen-bond acceptors (Lipinski definition) is 3. The number of piperidine rings is 1. The van der Waals surface area contributed by atoms with Gasteiger partial charge in [0.2, 0.25) is 0 Å². The molecule has 0 aliphatic carbocycles. The highest BCUT2D eigenvalue weighted by atomic mass is 16.5. The summed E-state index contributed by atoms with van der Waals surface area (Å²) in [6.45, 7) is 4.57. The molecule has 2 rings (SSSR count). The van der Waals surface area contributed by atoms with E-state index in [0.717, 1.165) is 24.8 Å². The van der Waals surface area contributed by atoms with Crippen molar-refractivity contribution < 1.29 is 4.74 Å². The van der Waals surface area contributed by atoms with E-state index in [1.807, 2.05) is 12.1 Å². The SMILES string of the molecule is COc1ccc(N(C)CC2NCCCC2C)cc1. The highest BCUT2D eigenvalue weighted by Crippen LogP contribution is 2.21. The van der Waals surface area contributed by atoms with Crippen LogP contribution in [0, 0.1) is 5.92 Å². The fourth-order valence-electron chi connectivity index (χ4n) is 2.60. The second kappa shape index (κ2) is 6.10. The van der Waals surface area contributed by atoms with Crippen LogP contribution in [0.1, 0.15) is 19.8 Å². The Labute approximate surface area is 110 Å². The van der Waals surface area contributed by atoms with Crippen molar-refractivity contribution in [2.75, 3.05) is 32.1 Å². The van der Waals surface area contributed by atoms with Gasteiger partial charge < -0.3 is 15.0 Å². The van der Waals surface area contributed by atoms with E-state index in [-0.39, 0.29) is 0 Å². The van der Waals surface area contributed by atoms with Crippen LogP contribution in [0.5, 0.6) is 5.75 Å². The fraction of sp³-hybridized carbons (Fsp3) is 0.600. The zero-order chi connectivity index (χ0) is 13.0. The summed E-state index contributed by atoms with van der Waals surface area (Å²) in [6.07, 6.45) is 2.65. The molecule has 100 valence electrons. The van der Waals surface area contributed by atoms with Crippen LogP contribution in [0.15, 0.2) is 24.3 Å². The van der Waals surface area contributed by atoms with Crippen LogP contribution in [0.4, 0.5) is 5.69 Å². The molecule has 0 saturated carbocycles. The molecule has 0 spiro atoms. The molecule has 1 aliphatic heterocycles. The Hall–Kier alpha value is -1.22. The number of anilines is 1. The van der Waals surface area contributed by atoms with Crippen molar-refractivity contribution in [3.05, 3.63) is 24.3 Å².